The minimum absolute atomic E-state index is 0.00863. The summed E-state index contributed by atoms with van der Waals surface area (Å²) < 4.78 is 5.44. The van der Waals surface area contributed by atoms with E-state index in [2.05, 4.69) is 82.6 Å². The largest absolute Gasteiger partial charge is 0.465 e. The maximum atomic E-state index is 12.9. The highest BCUT2D eigenvalue weighted by molar-refractivity contribution is 5.81. The molecule has 0 radical (unpaired) electrons. The van der Waals surface area contributed by atoms with Crippen molar-refractivity contribution >= 4 is 11.7 Å². The maximum Gasteiger partial charge on any atom is 0.325 e. The number of benzene rings is 3. The first-order chi connectivity index (χ1) is 14.6. The van der Waals surface area contributed by atoms with Crippen molar-refractivity contribution in [2.75, 3.05) is 25.6 Å². The van der Waals surface area contributed by atoms with Crippen molar-refractivity contribution in [3.63, 3.8) is 0 Å². The van der Waals surface area contributed by atoms with Crippen LogP contribution in [-0.2, 0) is 9.53 Å². The van der Waals surface area contributed by atoms with E-state index in [4.69, 9.17) is 4.74 Å². The van der Waals surface area contributed by atoms with Gasteiger partial charge in [0, 0.05) is 19.8 Å². The fourth-order valence-electron chi connectivity index (χ4n) is 4.18. The van der Waals surface area contributed by atoms with Gasteiger partial charge in [0.05, 0.1) is 18.7 Å². The van der Waals surface area contributed by atoms with E-state index in [9.17, 15) is 4.79 Å². The average Bonchev–Trinajstić information content (AvgIpc) is 3.51. The lowest BCUT2D eigenvalue weighted by Gasteiger charge is -2.21. The molecule has 1 heterocycles. The van der Waals surface area contributed by atoms with Gasteiger partial charge in [0.25, 0.3) is 0 Å². The number of carbonyl (C=O) groups excluding carboxylic acids is 1. The lowest BCUT2D eigenvalue weighted by molar-refractivity contribution is -0.143. The lowest BCUT2D eigenvalue weighted by Crippen LogP contribution is -2.20. The van der Waals surface area contributed by atoms with Gasteiger partial charge in [-0.1, -0.05) is 72.8 Å². The van der Waals surface area contributed by atoms with Crippen molar-refractivity contribution in [2.45, 2.75) is 25.0 Å². The highest BCUT2D eigenvalue weighted by Gasteiger charge is 2.57. The molecule has 0 bridgehead atoms. The Balaban J connectivity index is 1.74. The summed E-state index contributed by atoms with van der Waals surface area (Å²) in [6, 6.07) is 28.9. The van der Waals surface area contributed by atoms with Crippen molar-refractivity contribution in [3.8, 4) is 0 Å². The van der Waals surface area contributed by atoms with E-state index in [-0.39, 0.29) is 24.1 Å². The molecule has 3 atom stereocenters. The van der Waals surface area contributed by atoms with Gasteiger partial charge in [0.1, 0.15) is 6.04 Å². The second-order valence-electron chi connectivity index (χ2n) is 7.80. The van der Waals surface area contributed by atoms with Gasteiger partial charge in [-0.05, 0) is 35.7 Å². The summed E-state index contributed by atoms with van der Waals surface area (Å²) in [5.74, 6) is -0.156. The first-order valence-electron chi connectivity index (χ1n) is 10.4. The summed E-state index contributed by atoms with van der Waals surface area (Å²) in [6.45, 7) is 2.24. The van der Waals surface area contributed by atoms with E-state index in [0.717, 1.165) is 11.3 Å². The van der Waals surface area contributed by atoms with Crippen LogP contribution in [0.4, 0.5) is 5.69 Å². The minimum Gasteiger partial charge on any atom is -0.465 e. The molecule has 1 aliphatic rings. The fourth-order valence-corrected chi connectivity index (χ4v) is 4.18. The molecule has 3 aromatic carbocycles. The zero-order chi connectivity index (χ0) is 21.1. The highest BCUT2D eigenvalue weighted by Crippen LogP contribution is 2.52. The Morgan fingerprint density at radius 1 is 0.900 bits per heavy atom. The molecule has 0 spiro atoms. The number of rotatable bonds is 7. The first-order valence-corrected chi connectivity index (χ1v) is 10.4. The molecule has 0 N–H and O–H groups in total. The van der Waals surface area contributed by atoms with Crippen LogP contribution in [0.5, 0.6) is 0 Å². The molecular weight excluding hydrogens is 372 g/mol. The Morgan fingerprint density at radius 2 is 1.43 bits per heavy atom. The highest BCUT2D eigenvalue weighted by atomic mass is 16.5. The van der Waals surface area contributed by atoms with Crippen LogP contribution in [0.3, 0.4) is 0 Å². The van der Waals surface area contributed by atoms with E-state index < -0.39 is 0 Å². The standard InChI is InChI=1S/C26H28N2O2/c1-4-30-26(29)25-24(21-15-17-22(18-16-21)27(2)3)28(25)23(19-11-7-5-8-12-19)20-13-9-6-10-14-20/h5-18,23-25H,4H2,1-3H3/t24-,25-,28?/m1/s1. The maximum absolute atomic E-state index is 12.9. The first kappa shape index (κ1) is 20.2. The van der Waals surface area contributed by atoms with E-state index in [0.29, 0.717) is 6.61 Å². The van der Waals surface area contributed by atoms with E-state index in [1.165, 1.54) is 11.1 Å². The van der Waals surface area contributed by atoms with Gasteiger partial charge in [0.15, 0.2) is 0 Å². The SMILES string of the molecule is CCOC(=O)[C@H]1[C@@H](c2ccc(N(C)C)cc2)N1C(c1ccccc1)c1ccccc1. The molecule has 1 fully saturated rings. The van der Waals surface area contributed by atoms with E-state index in [1.54, 1.807) is 0 Å². The Hall–Kier alpha value is -3.11. The van der Waals surface area contributed by atoms with Gasteiger partial charge in [-0.15, -0.1) is 0 Å². The molecule has 154 valence electrons. The van der Waals surface area contributed by atoms with Crippen LogP contribution >= 0.6 is 0 Å². The Kier molecular flexibility index (Phi) is 5.86. The molecule has 30 heavy (non-hydrogen) atoms. The number of hydrogen-bond donors (Lipinski definition) is 0. The van der Waals surface area contributed by atoms with Crippen molar-refractivity contribution in [2.24, 2.45) is 0 Å². The summed E-state index contributed by atoms with van der Waals surface area (Å²) in [6.07, 6.45) is 0. The molecule has 1 unspecified atom stereocenters. The number of anilines is 1. The molecule has 1 aliphatic heterocycles. The molecule has 0 saturated carbocycles. The van der Waals surface area contributed by atoms with Crippen molar-refractivity contribution in [1.29, 1.82) is 0 Å². The molecule has 4 rings (SSSR count). The second-order valence-corrected chi connectivity index (χ2v) is 7.80. The summed E-state index contributed by atoms with van der Waals surface area (Å²) in [7, 11) is 4.06. The van der Waals surface area contributed by atoms with Crippen LogP contribution < -0.4 is 4.90 Å². The minimum atomic E-state index is -0.291. The Bertz CT molecular complexity index is 931. The molecule has 1 saturated heterocycles. The summed E-state index contributed by atoms with van der Waals surface area (Å²) in [5.41, 5.74) is 4.62. The third-order valence-corrected chi connectivity index (χ3v) is 5.66. The van der Waals surface area contributed by atoms with Gasteiger partial charge in [0.2, 0.25) is 0 Å². The van der Waals surface area contributed by atoms with Crippen LogP contribution in [0.2, 0.25) is 0 Å². The zero-order valence-electron chi connectivity index (χ0n) is 17.7. The molecular formula is C26H28N2O2. The summed E-state index contributed by atoms with van der Waals surface area (Å²) >= 11 is 0. The van der Waals surface area contributed by atoms with Crippen molar-refractivity contribution in [1.82, 2.24) is 4.90 Å². The zero-order valence-corrected chi connectivity index (χ0v) is 17.7. The van der Waals surface area contributed by atoms with Gasteiger partial charge < -0.3 is 9.64 Å². The van der Waals surface area contributed by atoms with Crippen LogP contribution in [0.25, 0.3) is 0 Å². The number of hydrogen-bond acceptors (Lipinski definition) is 4. The molecule has 0 aromatic heterocycles. The van der Waals surface area contributed by atoms with Gasteiger partial charge in [-0.25, -0.2) is 0 Å². The number of nitrogens with zero attached hydrogens (tertiary/aromatic N) is 2. The van der Waals surface area contributed by atoms with E-state index >= 15 is 0 Å². The predicted molar refractivity (Wildman–Crippen MR) is 120 cm³/mol. The third-order valence-electron chi connectivity index (χ3n) is 5.66. The Labute approximate surface area is 178 Å². The predicted octanol–water partition coefficient (Wildman–Crippen LogP) is 4.83. The molecule has 4 heteroatoms. The molecule has 0 aliphatic carbocycles. The fraction of sp³-hybridized carbons (Fsp3) is 0.269. The van der Waals surface area contributed by atoms with Crippen LogP contribution in [0, 0.1) is 0 Å². The number of esters is 1. The van der Waals surface area contributed by atoms with Crippen molar-refractivity contribution in [3.05, 3.63) is 102 Å². The van der Waals surface area contributed by atoms with Crippen molar-refractivity contribution < 1.29 is 9.53 Å². The summed E-state index contributed by atoms with van der Waals surface area (Å²) in [5, 5.41) is 0. The lowest BCUT2D eigenvalue weighted by atomic mass is 9.98. The van der Waals surface area contributed by atoms with Crippen LogP contribution in [0.1, 0.15) is 35.7 Å². The van der Waals surface area contributed by atoms with E-state index in [1.807, 2.05) is 33.2 Å². The Morgan fingerprint density at radius 3 is 1.90 bits per heavy atom. The van der Waals surface area contributed by atoms with Crippen LogP contribution in [0.15, 0.2) is 84.9 Å². The second kappa shape index (κ2) is 8.72. The topological polar surface area (TPSA) is 32.5 Å². The number of carbonyl (C=O) groups is 1. The van der Waals surface area contributed by atoms with Gasteiger partial charge >= 0.3 is 5.97 Å². The third kappa shape index (κ3) is 3.96. The smallest absolute Gasteiger partial charge is 0.325 e. The molecule has 3 aromatic rings. The van der Waals surface area contributed by atoms with Gasteiger partial charge in [-0.3, -0.25) is 9.69 Å². The number of ether oxygens (including phenoxy) is 1. The summed E-state index contributed by atoms with van der Waals surface area (Å²) in [4.78, 5) is 17.2. The molecule has 4 nitrogen and oxygen atoms in total. The van der Waals surface area contributed by atoms with Gasteiger partial charge in [-0.2, -0.15) is 0 Å². The normalized spacial score (nSPS) is 20.1. The average molecular weight is 401 g/mol. The molecule has 0 amide bonds. The monoisotopic (exact) mass is 400 g/mol. The quantitative estimate of drug-likeness (QED) is 0.420. The van der Waals surface area contributed by atoms with Crippen LogP contribution in [-0.4, -0.2) is 37.6 Å².